The summed E-state index contributed by atoms with van der Waals surface area (Å²) in [7, 11) is -3.42. The van der Waals surface area contributed by atoms with Gasteiger partial charge in [0.05, 0.1) is 4.90 Å². The van der Waals surface area contributed by atoms with Gasteiger partial charge in [-0.05, 0) is 37.8 Å². The molecule has 0 aliphatic rings. The van der Waals surface area contributed by atoms with Crippen molar-refractivity contribution in [3.63, 3.8) is 0 Å². The minimum Gasteiger partial charge on any atom is -0.211 e. The van der Waals surface area contributed by atoms with Crippen molar-refractivity contribution in [1.82, 2.24) is 4.72 Å². The number of benzene rings is 1. The van der Waals surface area contributed by atoms with Crippen LogP contribution >= 0.6 is 11.6 Å². The summed E-state index contributed by atoms with van der Waals surface area (Å²) in [6.07, 6.45) is 1.75. The quantitative estimate of drug-likeness (QED) is 0.786. The predicted octanol–water partition coefficient (Wildman–Crippen LogP) is 3.24. The molecule has 0 aliphatic heterocycles. The van der Waals surface area contributed by atoms with E-state index in [1.165, 1.54) is 0 Å². The smallest absolute Gasteiger partial charge is 0.211 e. The van der Waals surface area contributed by atoms with E-state index in [0.29, 0.717) is 17.3 Å². The van der Waals surface area contributed by atoms with Gasteiger partial charge in [-0.2, -0.15) is 0 Å². The lowest BCUT2D eigenvalue weighted by atomic mass is 10.0. The highest BCUT2D eigenvalue weighted by atomic mass is 35.5. The summed E-state index contributed by atoms with van der Waals surface area (Å²) in [6, 6.07) is 5.36. The first-order chi connectivity index (χ1) is 8.90. The van der Waals surface area contributed by atoms with E-state index in [1.807, 2.05) is 32.9 Å². The largest absolute Gasteiger partial charge is 0.240 e. The minimum atomic E-state index is -3.42. The molecule has 5 heteroatoms. The molecule has 0 amide bonds. The normalized spacial score (nSPS) is 13.5. The highest BCUT2D eigenvalue weighted by Crippen LogP contribution is 2.17. The van der Waals surface area contributed by atoms with Crippen LogP contribution in [0.2, 0.25) is 0 Å². The molecule has 1 rings (SSSR count). The molecule has 0 radical (unpaired) electrons. The molecule has 0 aromatic heterocycles. The number of hydrogen-bond donors (Lipinski definition) is 1. The lowest BCUT2D eigenvalue weighted by Crippen LogP contribution is -2.30. The van der Waals surface area contributed by atoms with Crippen molar-refractivity contribution >= 4 is 21.6 Å². The first kappa shape index (κ1) is 16.5. The van der Waals surface area contributed by atoms with Crippen LogP contribution in [0.25, 0.3) is 0 Å². The van der Waals surface area contributed by atoms with Crippen LogP contribution in [-0.4, -0.2) is 20.8 Å². The highest BCUT2D eigenvalue weighted by Gasteiger charge is 2.18. The second kappa shape index (κ2) is 7.27. The van der Waals surface area contributed by atoms with Crippen molar-refractivity contribution in [1.29, 1.82) is 0 Å². The van der Waals surface area contributed by atoms with Gasteiger partial charge in [-0.3, -0.25) is 0 Å². The number of halogens is 1. The number of nitrogens with one attached hydrogen (secondary N) is 1. The van der Waals surface area contributed by atoms with Crippen molar-refractivity contribution in [3.8, 4) is 0 Å². The molecule has 1 atom stereocenters. The Balaban J connectivity index is 2.81. The van der Waals surface area contributed by atoms with Crippen molar-refractivity contribution < 1.29 is 8.42 Å². The van der Waals surface area contributed by atoms with E-state index in [9.17, 15) is 8.42 Å². The molecule has 1 aromatic carbocycles. The maximum absolute atomic E-state index is 12.2. The molecule has 1 unspecified atom stereocenters. The molecular formula is C14H22ClNO2S. The van der Waals surface area contributed by atoms with E-state index < -0.39 is 10.0 Å². The standard InChI is InChI=1S/C14H22ClNO2S/c1-4-13(7-8-15)10-16-19(17,18)14-6-5-11(2)9-12(14)3/h5-6,9,13,16H,4,7-8,10H2,1-3H3. The topological polar surface area (TPSA) is 46.2 Å². The van der Waals surface area contributed by atoms with E-state index in [-0.39, 0.29) is 5.92 Å². The number of sulfonamides is 1. The highest BCUT2D eigenvalue weighted by molar-refractivity contribution is 7.89. The molecular weight excluding hydrogens is 282 g/mol. The summed E-state index contributed by atoms with van der Waals surface area (Å²) in [5.41, 5.74) is 1.84. The Bertz CT molecular complexity index is 514. The Labute approximate surface area is 121 Å². The zero-order valence-corrected chi connectivity index (χ0v) is 13.3. The van der Waals surface area contributed by atoms with Gasteiger partial charge in [0.25, 0.3) is 0 Å². The molecule has 0 saturated heterocycles. The second-order valence-electron chi connectivity index (χ2n) is 4.87. The Morgan fingerprint density at radius 2 is 2.00 bits per heavy atom. The number of aryl methyl sites for hydroxylation is 2. The zero-order valence-electron chi connectivity index (χ0n) is 11.7. The van der Waals surface area contributed by atoms with Crippen molar-refractivity contribution in [2.24, 2.45) is 5.92 Å². The van der Waals surface area contributed by atoms with Crippen LogP contribution in [-0.2, 0) is 10.0 Å². The fourth-order valence-electron chi connectivity index (χ4n) is 2.01. The maximum atomic E-state index is 12.2. The monoisotopic (exact) mass is 303 g/mol. The molecule has 3 nitrogen and oxygen atoms in total. The Hall–Kier alpha value is -0.580. The first-order valence-corrected chi connectivity index (χ1v) is 8.55. The van der Waals surface area contributed by atoms with Crippen LogP contribution in [0.5, 0.6) is 0 Å². The van der Waals surface area contributed by atoms with E-state index >= 15 is 0 Å². The third-order valence-electron chi connectivity index (χ3n) is 3.28. The molecule has 0 heterocycles. The van der Waals surface area contributed by atoms with E-state index in [0.717, 1.165) is 24.0 Å². The van der Waals surface area contributed by atoms with Gasteiger partial charge in [-0.15, -0.1) is 11.6 Å². The van der Waals surface area contributed by atoms with Gasteiger partial charge in [-0.1, -0.05) is 31.0 Å². The summed E-state index contributed by atoms with van der Waals surface area (Å²) in [6.45, 7) is 6.25. The minimum absolute atomic E-state index is 0.290. The van der Waals surface area contributed by atoms with Crippen LogP contribution < -0.4 is 4.72 Å². The van der Waals surface area contributed by atoms with Crippen LogP contribution in [0.3, 0.4) is 0 Å². The molecule has 0 saturated carbocycles. The fourth-order valence-corrected chi connectivity index (χ4v) is 3.66. The number of rotatable bonds is 7. The van der Waals surface area contributed by atoms with Crippen molar-refractivity contribution in [3.05, 3.63) is 29.3 Å². The molecule has 108 valence electrons. The third-order valence-corrected chi connectivity index (χ3v) is 5.08. The van der Waals surface area contributed by atoms with Gasteiger partial charge in [-0.25, -0.2) is 13.1 Å². The van der Waals surface area contributed by atoms with Gasteiger partial charge in [0.1, 0.15) is 0 Å². The number of alkyl halides is 1. The summed E-state index contributed by atoms with van der Waals surface area (Å²) in [4.78, 5) is 0.360. The summed E-state index contributed by atoms with van der Waals surface area (Å²) >= 11 is 5.71. The summed E-state index contributed by atoms with van der Waals surface area (Å²) < 4.78 is 27.2. The Kier molecular flexibility index (Phi) is 6.30. The van der Waals surface area contributed by atoms with Gasteiger partial charge in [0.2, 0.25) is 10.0 Å². The molecule has 0 aliphatic carbocycles. The molecule has 19 heavy (non-hydrogen) atoms. The SMILES string of the molecule is CCC(CCCl)CNS(=O)(=O)c1ccc(C)cc1C. The zero-order chi connectivity index (χ0) is 14.5. The maximum Gasteiger partial charge on any atom is 0.240 e. The summed E-state index contributed by atoms with van der Waals surface area (Å²) in [5.74, 6) is 0.849. The van der Waals surface area contributed by atoms with E-state index in [1.54, 1.807) is 6.07 Å². The summed E-state index contributed by atoms with van der Waals surface area (Å²) in [5, 5.41) is 0. The van der Waals surface area contributed by atoms with Crippen LogP contribution in [0.4, 0.5) is 0 Å². The van der Waals surface area contributed by atoms with Crippen LogP contribution in [0.15, 0.2) is 23.1 Å². The van der Waals surface area contributed by atoms with E-state index in [2.05, 4.69) is 4.72 Å². The Morgan fingerprint density at radius 3 is 2.53 bits per heavy atom. The second-order valence-corrected chi connectivity index (χ2v) is 6.99. The molecule has 0 spiro atoms. The first-order valence-electron chi connectivity index (χ1n) is 6.53. The molecule has 1 N–H and O–H groups in total. The molecule has 0 bridgehead atoms. The van der Waals surface area contributed by atoms with Gasteiger partial charge < -0.3 is 0 Å². The number of hydrogen-bond acceptors (Lipinski definition) is 2. The lowest BCUT2D eigenvalue weighted by molar-refractivity contribution is 0.481. The predicted molar refractivity (Wildman–Crippen MR) is 80.2 cm³/mol. The van der Waals surface area contributed by atoms with Gasteiger partial charge in [0.15, 0.2) is 0 Å². The lowest BCUT2D eigenvalue weighted by Gasteiger charge is -2.15. The Morgan fingerprint density at radius 1 is 1.32 bits per heavy atom. The van der Waals surface area contributed by atoms with Crippen molar-refractivity contribution in [2.45, 2.75) is 38.5 Å². The molecule has 0 fully saturated rings. The van der Waals surface area contributed by atoms with E-state index in [4.69, 9.17) is 11.6 Å². The van der Waals surface area contributed by atoms with Crippen molar-refractivity contribution in [2.75, 3.05) is 12.4 Å². The average molecular weight is 304 g/mol. The van der Waals surface area contributed by atoms with Crippen LogP contribution in [0, 0.1) is 19.8 Å². The average Bonchev–Trinajstić information content (AvgIpc) is 2.34. The fraction of sp³-hybridized carbons (Fsp3) is 0.571. The van der Waals surface area contributed by atoms with Gasteiger partial charge in [0, 0.05) is 12.4 Å². The van der Waals surface area contributed by atoms with Crippen LogP contribution in [0.1, 0.15) is 30.9 Å². The molecule has 1 aromatic rings. The third kappa shape index (κ3) is 4.79. The van der Waals surface area contributed by atoms with Gasteiger partial charge >= 0.3 is 0 Å².